The summed E-state index contributed by atoms with van der Waals surface area (Å²) in [6, 6.07) is 23.2. The lowest BCUT2D eigenvalue weighted by molar-refractivity contribution is 0.0696. The van der Waals surface area contributed by atoms with Gasteiger partial charge in [-0.05, 0) is 61.0 Å². The first-order valence-corrected chi connectivity index (χ1v) is 11.8. The van der Waals surface area contributed by atoms with E-state index in [-0.39, 0.29) is 11.5 Å². The van der Waals surface area contributed by atoms with Gasteiger partial charge < -0.3 is 10.4 Å². The van der Waals surface area contributed by atoms with Crippen molar-refractivity contribution in [3.63, 3.8) is 0 Å². The van der Waals surface area contributed by atoms with Gasteiger partial charge in [0.25, 0.3) is 5.91 Å². The molecule has 2 heterocycles. The number of nitrogens with one attached hydrogen (secondary N) is 1. The predicted molar refractivity (Wildman–Crippen MR) is 142 cm³/mol. The van der Waals surface area contributed by atoms with Crippen molar-refractivity contribution in [1.29, 1.82) is 0 Å². The Morgan fingerprint density at radius 3 is 2.47 bits per heavy atom. The second kappa shape index (κ2) is 9.67. The highest BCUT2D eigenvalue weighted by Crippen LogP contribution is 2.33. The molecular formula is C28H19BrN4O3. The Labute approximate surface area is 215 Å². The highest BCUT2D eigenvalue weighted by Gasteiger charge is 2.21. The average Bonchev–Trinajstić information content (AvgIpc) is 2.89. The fourth-order valence-electron chi connectivity index (χ4n) is 4.13. The van der Waals surface area contributed by atoms with Crippen molar-refractivity contribution in [2.45, 2.75) is 6.92 Å². The Morgan fingerprint density at radius 1 is 0.944 bits per heavy atom. The van der Waals surface area contributed by atoms with Crippen LogP contribution >= 0.6 is 15.9 Å². The molecule has 0 unspecified atom stereocenters. The van der Waals surface area contributed by atoms with Gasteiger partial charge in [0.05, 0.1) is 33.7 Å². The third-order valence-electron chi connectivity index (χ3n) is 5.83. The maximum absolute atomic E-state index is 13.8. The van der Waals surface area contributed by atoms with E-state index in [4.69, 9.17) is 4.98 Å². The molecule has 0 aliphatic heterocycles. The van der Waals surface area contributed by atoms with Crippen molar-refractivity contribution in [3.05, 3.63) is 106 Å². The lowest BCUT2D eigenvalue weighted by Gasteiger charge is -2.17. The van der Waals surface area contributed by atoms with E-state index >= 15 is 0 Å². The van der Waals surface area contributed by atoms with Gasteiger partial charge in [-0.2, -0.15) is 10.2 Å². The lowest BCUT2D eigenvalue weighted by atomic mass is 9.97. The van der Waals surface area contributed by atoms with Crippen LogP contribution in [0.3, 0.4) is 0 Å². The number of hydrogen-bond acceptors (Lipinski definition) is 5. The average molecular weight is 539 g/mol. The van der Waals surface area contributed by atoms with Crippen LogP contribution in [-0.4, -0.2) is 32.2 Å². The van der Waals surface area contributed by atoms with Crippen LogP contribution in [0.5, 0.6) is 0 Å². The quantitative estimate of drug-likeness (QED) is 0.269. The van der Waals surface area contributed by atoms with Crippen molar-refractivity contribution in [2.75, 3.05) is 5.32 Å². The first-order valence-electron chi connectivity index (χ1n) is 11.0. The minimum absolute atomic E-state index is 0.0782. The van der Waals surface area contributed by atoms with E-state index in [9.17, 15) is 14.7 Å². The first kappa shape index (κ1) is 23.3. The Hall–Kier alpha value is -4.43. The summed E-state index contributed by atoms with van der Waals surface area (Å²) in [4.78, 5) is 30.3. The van der Waals surface area contributed by atoms with E-state index in [1.165, 1.54) is 18.3 Å². The van der Waals surface area contributed by atoms with Gasteiger partial charge >= 0.3 is 5.97 Å². The van der Waals surface area contributed by atoms with Crippen LogP contribution in [-0.2, 0) is 0 Å². The third-order valence-corrected chi connectivity index (χ3v) is 6.32. The molecule has 0 fully saturated rings. The molecule has 2 N–H and O–H groups in total. The normalized spacial score (nSPS) is 10.8. The van der Waals surface area contributed by atoms with E-state index in [0.717, 1.165) is 15.6 Å². The molecule has 1 amide bonds. The molecule has 0 saturated heterocycles. The van der Waals surface area contributed by atoms with Crippen LogP contribution < -0.4 is 5.32 Å². The van der Waals surface area contributed by atoms with Crippen LogP contribution in [0.4, 0.5) is 5.69 Å². The fourth-order valence-corrected chi connectivity index (χ4v) is 4.49. The molecule has 5 rings (SSSR count). The minimum Gasteiger partial charge on any atom is -0.478 e. The van der Waals surface area contributed by atoms with Gasteiger partial charge in [0, 0.05) is 27.2 Å². The summed E-state index contributed by atoms with van der Waals surface area (Å²) in [5.41, 5.74) is 4.91. The van der Waals surface area contributed by atoms with Gasteiger partial charge in [-0.3, -0.25) is 4.79 Å². The molecule has 3 aromatic carbocycles. The highest BCUT2D eigenvalue weighted by atomic mass is 79.9. The molecular weight excluding hydrogens is 520 g/mol. The number of nitrogens with zero attached hydrogens (tertiary/aromatic N) is 3. The summed E-state index contributed by atoms with van der Waals surface area (Å²) in [5, 5.41) is 21.2. The van der Waals surface area contributed by atoms with Gasteiger partial charge in [-0.25, -0.2) is 9.78 Å². The number of anilines is 1. The molecule has 0 aliphatic rings. The standard InChI is InChI=1S/C28H19BrN4O3/c1-16-25(21-15-19(29)10-12-23(21)31-26(16)17-6-3-2-4-7-17)27(34)32-22-11-9-18(28(35)36)14-20(22)24-8-5-13-30-33-24/h2-15H,1H3,(H,32,34)(H,35,36). The Bertz CT molecular complexity index is 1620. The van der Waals surface area contributed by atoms with Crippen molar-refractivity contribution in [2.24, 2.45) is 0 Å². The van der Waals surface area contributed by atoms with Crippen molar-refractivity contribution >= 4 is 44.4 Å². The number of amides is 1. The van der Waals surface area contributed by atoms with Crippen LogP contribution in [0.1, 0.15) is 26.3 Å². The monoisotopic (exact) mass is 538 g/mol. The number of carboxylic acids is 1. The molecule has 0 radical (unpaired) electrons. The lowest BCUT2D eigenvalue weighted by Crippen LogP contribution is -2.16. The third kappa shape index (κ3) is 4.46. The zero-order chi connectivity index (χ0) is 25.2. The van der Waals surface area contributed by atoms with Gasteiger partial charge in [0.1, 0.15) is 0 Å². The maximum Gasteiger partial charge on any atom is 0.335 e. The fraction of sp³-hybridized carbons (Fsp3) is 0.0357. The van der Waals surface area contributed by atoms with Crippen LogP contribution in [0.15, 0.2) is 89.5 Å². The summed E-state index contributed by atoms with van der Waals surface area (Å²) in [6.45, 7) is 1.88. The van der Waals surface area contributed by atoms with Crippen molar-refractivity contribution in [1.82, 2.24) is 15.2 Å². The topological polar surface area (TPSA) is 105 Å². The number of carbonyl (C=O) groups is 2. The number of pyridine rings is 1. The molecule has 0 saturated carbocycles. The molecule has 0 spiro atoms. The number of benzene rings is 3. The SMILES string of the molecule is Cc1c(-c2ccccc2)nc2ccc(Br)cc2c1C(=O)Nc1ccc(C(=O)O)cc1-c1cccnn1. The minimum atomic E-state index is -1.08. The molecule has 8 heteroatoms. The second-order valence-corrected chi connectivity index (χ2v) is 9.03. The van der Waals surface area contributed by atoms with E-state index < -0.39 is 5.97 Å². The van der Waals surface area contributed by atoms with Crippen molar-refractivity contribution in [3.8, 4) is 22.5 Å². The number of halogens is 1. The van der Waals surface area contributed by atoms with Gasteiger partial charge in [0.2, 0.25) is 0 Å². The number of carboxylic acid groups (broad SMARTS) is 1. The van der Waals surface area contributed by atoms with E-state index in [0.29, 0.717) is 39.1 Å². The van der Waals surface area contributed by atoms with Crippen LogP contribution in [0.2, 0.25) is 0 Å². The maximum atomic E-state index is 13.8. The molecule has 0 bridgehead atoms. The van der Waals surface area contributed by atoms with E-state index in [1.807, 2.05) is 55.5 Å². The molecule has 2 aromatic heterocycles. The number of carbonyl (C=O) groups excluding carboxylic acids is 1. The van der Waals surface area contributed by atoms with Crippen molar-refractivity contribution < 1.29 is 14.7 Å². The number of aromatic carboxylic acids is 1. The smallest absolute Gasteiger partial charge is 0.335 e. The van der Waals surface area contributed by atoms with E-state index in [1.54, 1.807) is 18.2 Å². The molecule has 0 atom stereocenters. The van der Waals surface area contributed by atoms with Gasteiger partial charge in [-0.1, -0.05) is 46.3 Å². The Kier molecular flexibility index (Phi) is 6.26. The molecule has 176 valence electrons. The summed E-state index contributed by atoms with van der Waals surface area (Å²) in [6.07, 6.45) is 1.53. The van der Waals surface area contributed by atoms with Crippen LogP contribution in [0, 0.1) is 6.92 Å². The summed E-state index contributed by atoms with van der Waals surface area (Å²) in [7, 11) is 0. The number of hydrogen-bond donors (Lipinski definition) is 2. The Morgan fingerprint density at radius 2 is 1.75 bits per heavy atom. The summed E-state index contributed by atoms with van der Waals surface area (Å²) >= 11 is 3.50. The summed E-state index contributed by atoms with van der Waals surface area (Å²) in [5.74, 6) is -1.42. The van der Waals surface area contributed by atoms with Gasteiger partial charge in [0.15, 0.2) is 0 Å². The zero-order valence-corrected chi connectivity index (χ0v) is 20.7. The number of rotatable bonds is 5. The summed E-state index contributed by atoms with van der Waals surface area (Å²) < 4.78 is 0.823. The molecule has 0 aliphatic carbocycles. The molecule has 36 heavy (non-hydrogen) atoms. The zero-order valence-electron chi connectivity index (χ0n) is 19.1. The number of fused-ring (bicyclic) bond motifs is 1. The second-order valence-electron chi connectivity index (χ2n) is 8.12. The largest absolute Gasteiger partial charge is 0.478 e. The molecule has 5 aromatic rings. The highest BCUT2D eigenvalue weighted by molar-refractivity contribution is 9.10. The van der Waals surface area contributed by atoms with E-state index in [2.05, 4.69) is 31.4 Å². The predicted octanol–water partition coefficient (Wildman–Crippen LogP) is 6.38. The molecule has 7 nitrogen and oxygen atoms in total. The Balaban J connectivity index is 1.67. The van der Waals surface area contributed by atoms with Crippen LogP contribution in [0.25, 0.3) is 33.4 Å². The first-order chi connectivity index (χ1) is 17.4. The number of aromatic nitrogens is 3. The van der Waals surface area contributed by atoms with Gasteiger partial charge in [-0.15, -0.1) is 0 Å².